The zero-order valence-electron chi connectivity index (χ0n) is 13.7. The van der Waals surface area contributed by atoms with Crippen LogP contribution in [0.15, 0.2) is 59.5 Å². The minimum absolute atomic E-state index is 0.290. The highest BCUT2D eigenvalue weighted by Gasteiger charge is 2.12. The molecule has 2 aromatic carbocycles. The Balaban J connectivity index is 1.96. The molecule has 0 atom stereocenters. The zero-order valence-corrected chi connectivity index (χ0v) is 14.5. The van der Waals surface area contributed by atoms with E-state index in [0.29, 0.717) is 6.54 Å². The molecule has 0 radical (unpaired) electrons. The molecule has 0 saturated heterocycles. The van der Waals surface area contributed by atoms with Gasteiger partial charge in [-0.15, -0.1) is 0 Å². The van der Waals surface area contributed by atoms with Crippen molar-refractivity contribution in [2.45, 2.75) is 31.8 Å². The van der Waals surface area contributed by atoms with Gasteiger partial charge in [0.25, 0.3) is 0 Å². The number of hydrogen-bond donors (Lipinski definition) is 1. The van der Waals surface area contributed by atoms with Crippen molar-refractivity contribution in [3.05, 3.63) is 65.7 Å². The van der Waals surface area contributed by atoms with Crippen molar-refractivity contribution in [1.29, 1.82) is 0 Å². The van der Waals surface area contributed by atoms with Crippen LogP contribution in [0.5, 0.6) is 0 Å². The van der Waals surface area contributed by atoms with Crippen molar-refractivity contribution in [3.63, 3.8) is 0 Å². The Labute approximate surface area is 139 Å². The molecule has 0 spiro atoms. The predicted molar refractivity (Wildman–Crippen MR) is 93.5 cm³/mol. The molecule has 124 valence electrons. The third kappa shape index (κ3) is 5.16. The summed E-state index contributed by atoms with van der Waals surface area (Å²) in [6, 6.07) is 16.5. The summed E-state index contributed by atoms with van der Waals surface area (Å²) in [6.07, 6.45) is 0. The largest absolute Gasteiger partial charge is 0.300 e. The van der Waals surface area contributed by atoms with Gasteiger partial charge in [-0.05, 0) is 36.3 Å². The highest BCUT2D eigenvalue weighted by molar-refractivity contribution is 7.89. The van der Waals surface area contributed by atoms with Crippen LogP contribution in [0.3, 0.4) is 0 Å². The van der Waals surface area contributed by atoms with Gasteiger partial charge in [0.05, 0.1) is 4.90 Å². The highest BCUT2D eigenvalue weighted by atomic mass is 32.2. The van der Waals surface area contributed by atoms with Crippen LogP contribution in [-0.2, 0) is 23.1 Å². The molecule has 2 aromatic rings. The normalized spacial score (nSPS) is 11.8. The lowest BCUT2D eigenvalue weighted by Crippen LogP contribution is -2.23. The van der Waals surface area contributed by atoms with Crippen LogP contribution in [0.2, 0.25) is 0 Å². The summed E-state index contributed by atoms with van der Waals surface area (Å²) in [5.74, 6) is 0. The second kappa shape index (κ2) is 8.24. The van der Waals surface area contributed by atoms with Gasteiger partial charge in [-0.2, -0.15) is 0 Å². The Bertz CT molecular complexity index is 694. The predicted octanol–water partition coefficient (Wildman–Crippen LogP) is 3.01. The van der Waals surface area contributed by atoms with Gasteiger partial charge in [0, 0.05) is 13.1 Å². The summed E-state index contributed by atoms with van der Waals surface area (Å²) in [7, 11) is -3.45. The molecule has 0 amide bonds. The first kappa shape index (κ1) is 17.7. The molecule has 2 rings (SSSR count). The van der Waals surface area contributed by atoms with Crippen molar-refractivity contribution in [1.82, 2.24) is 9.62 Å². The smallest absolute Gasteiger partial charge is 0.240 e. The van der Waals surface area contributed by atoms with E-state index in [1.54, 1.807) is 30.3 Å². The fourth-order valence-electron chi connectivity index (χ4n) is 2.33. The number of benzene rings is 2. The number of sulfonamides is 1. The molecule has 0 fully saturated rings. The van der Waals surface area contributed by atoms with Crippen LogP contribution in [0.4, 0.5) is 0 Å². The van der Waals surface area contributed by atoms with E-state index < -0.39 is 10.0 Å². The van der Waals surface area contributed by atoms with E-state index in [1.165, 1.54) is 5.56 Å². The minimum Gasteiger partial charge on any atom is -0.300 e. The lowest BCUT2D eigenvalue weighted by Gasteiger charge is -2.18. The SMILES string of the molecule is CCN(CC)Cc1ccc(CNS(=O)(=O)c2ccccc2)cc1. The van der Waals surface area contributed by atoms with E-state index in [4.69, 9.17) is 0 Å². The van der Waals surface area contributed by atoms with E-state index in [9.17, 15) is 8.42 Å². The van der Waals surface area contributed by atoms with Gasteiger partial charge in [-0.3, -0.25) is 4.90 Å². The standard InChI is InChI=1S/C18H24N2O2S/c1-3-20(4-2)15-17-12-10-16(11-13-17)14-19-23(21,22)18-8-6-5-7-9-18/h5-13,19H,3-4,14-15H2,1-2H3. The fraction of sp³-hybridized carbons (Fsp3) is 0.333. The van der Waals surface area contributed by atoms with Gasteiger partial charge in [0.15, 0.2) is 0 Å². The lowest BCUT2D eigenvalue weighted by molar-refractivity contribution is 0.296. The first-order chi connectivity index (χ1) is 11.0. The van der Waals surface area contributed by atoms with Crippen LogP contribution in [-0.4, -0.2) is 26.4 Å². The van der Waals surface area contributed by atoms with Crippen LogP contribution in [0, 0.1) is 0 Å². The van der Waals surface area contributed by atoms with Crippen molar-refractivity contribution < 1.29 is 8.42 Å². The Kier molecular flexibility index (Phi) is 6.33. The van der Waals surface area contributed by atoms with Gasteiger partial charge in [0.2, 0.25) is 10.0 Å². The molecule has 0 heterocycles. The third-order valence-corrected chi connectivity index (χ3v) is 5.26. The molecule has 4 nitrogen and oxygen atoms in total. The maximum absolute atomic E-state index is 12.2. The number of hydrogen-bond acceptors (Lipinski definition) is 3. The Morgan fingerprint density at radius 3 is 2.00 bits per heavy atom. The van der Waals surface area contributed by atoms with E-state index in [1.807, 2.05) is 12.1 Å². The lowest BCUT2D eigenvalue weighted by atomic mass is 10.1. The average Bonchev–Trinajstić information content (AvgIpc) is 2.59. The van der Waals surface area contributed by atoms with Crippen molar-refractivity contribution in [3.8, 4) is 0 Å². The van der Waals surface area contributed by atoms with Crippen molar-refractivity contribution in [2.24, 2.45) is 0 Å². The molecule has 0 aliphatic heterocycles. The number of nitrogens with one attached hydrogen (secondary N) is 1. The first-order valence-electron chi connectivity index (χ1n) is 7.90. The highest BCUT2D eigenvalue weighted by Crippen LogP contribution is 2.10. The van der Waals surface area contributed by atoms with Gasteiger partial charge in [-0.1, -0.05) is 56.3 Å². The molecule has 1 N–H and O–H groups in total. The molecule has 0 aliphatic carbocycles. The van der Waals surface area contributed by atoms with Crippen LogP contribution in [0.25, 0.3) is 0 Å². The minimum atomic E-state index is -3.45. The van der Waals surface area contributed by atoms with Crippen LogP contribution >= 0.6 is 0 Å². The third-order valence-electron chi connectivity index (χ3n) is 3.84. The number of nitrogens with zero attached hydrogens (tertiary/aromatic N) is 1. The van der Waals surface area contributed by atoms with Crippen molar-refractivity contribution >= 4 is 10.0 Å². The molecule has 5 heteroatoms. The average molecular weight is 332 g/mol. The maximum Gasteiger partial charge on any atom is 0.240 e. The molecule has 0 aliphatic rings. The van der Waals surface area contributed by atoms with Crippen LogP contribution < -0.4 is 4.72 Å². The second-order valence-corrected chi connectivity index (χ2v) is 7.18. The van der Waals surface area contributed by atoms with Gasteiger partial charge < -0.3 is 0 Å². The molecular weight excluding hydrogens is 308 g/mol. The van der Waals surface area contributed by atoms with Crippen LogP contribution in [0.1, 0.15) is 25.0 Å². The molecule has 0 bridgehead atoms. The van der Waals surface area contributed by atoms with E-state index in [2.05, 4.69) is 35.6 Å². The van der Waals surface area contributed by atoms with E-state index in [-0.39, 0.29) is 4.90 Å². The Morgan fingerprint density at radius 1 is 0.870 bits per heavy atom. The summed E-state index contributed by atoms with van der Waals surface area (Å²) in [4.78, 5) is 2.63. The summed E-state index contributed by atoms with van der Waals surface area (Å²) >= 11 is 0. The topological polar surface area (TPSA) is 49.4 Å². The molecule has 0 saturated carbocycles. The van der Waals surface area contributed by atoms with E-state index in [0.717, 1.165) is 25.2 Å². The Morgan fingerprint density at radius 2 is 1.43 bits per heavy atom. The van der Waals surface area contributed by atoms with E-state index >= 15 is 0 Å². The first-order valence-corrected chi connectivity index (χ1v) is 9.38. The molecule has 0 aromatic heterocycles. The Hall–Kier alpha value is -1.69. The quantitative estimate of drug-likeness (QED) is 0.808. The van der Waals surface area contributed by atoms with Gasteiger partial charge in [-0.25, -0.2) is 13.1 Å². The zero-order chi connectivity index (χ0) is 16.7. The summed E-state index contributed by atoms with van der Waals surface area (Å²) in [5, 5.41) is 0. The molecule has 23 heavy (non-hydrogen) atoms. The molecular formula is C18H24N2O2S. The van der Waals surface area contributed by atoms with Gasteiger partial charge >= 0.3 is 0 Å². The van der Waals surface area contributed by atoms with Crippen molar-refractivity contribution in [2.75, 3.05) is 13.1 Å². The fourth-order valence-corrected chi connectivity index (χ4v) is 3.37. The summed E-state index contributed by atoms with van der Waals surface area (Å²) in [6.45, 7) is 7.56. The molecule has 0 unspecified atom stereocenters. The van der Waals surface area contributed by atoms with Gasteiger partial charge in [0.1, 0.15) is 0 Å². The monoisotopic (exact) mass is 332 g/mol. The summed E-state index contributed by atoms with van der Waals surface area (Å²) in [5.41, 5.74) is 2.19. The second-order valence-electron chi connectivity index (χ2n) is 5.42. The summed E-state index contributed by atoms with van der Waals surface area (Å²) < 4.78 is 27.0. The number of rotatable bonds is 8. The maximum atomic E-state index is 12.2.